The van der Waals surface area contributed by atoms with Crippen molar-refractivity contribution >= 4 is 46.8 Å². The lowest BCUT2D eigenvalue weighted by Gasteiger charge is -2.32. The molecule has 0 aromatic heterocycles. The fourth-order valence-corrected chi connectivity index (χ4v) is 6.49. The minimum atomic E-state index is -1.08. The molecule has 3 amide bonds. The highest BCUT2D eigenvalue weighted by Gasteiger charge is 2.51. The van der Waals surface area contributed by atoms with Gasteiger partial charge in [0.05, 0.1) is 115 Å². The highest BCUT2D eigenvalue weighted by atomic mass is 35.5. The Bertz CT molecular complexity index is 1570. The number of aliphatic hydroxyl groups excluding tert-OH is 1. The molecule has 59 heavy (non-hydrogen) atoms. The van der Waals surface area contributed by atoms with Gasteiger partial charge >= 0.3 is 6.09 Å². The average Bonchev–Trinajstić information content (AvgIpc) is 3.89. The van der Waals surface area contributed by atoms with E-state index in [9.17, 15) is 19.5 Å². The number of amides is 3. The molecule has 0 bridgehead atoms. The minimum absolute atomic E-state index is 0.00856. The predicted octanol–water partition coefficient (Wildman–Crippen LogP) is 3.75. The van der Waals surface area contributed by atoms with Crippen LogP contribution in [0.4, 0.5) is 10.5 Å². The first-order valence-corrected chi connectivity index (χ1v) is 20.8. The number of ether oxygens (including phenoxy) is 8. The highest BCUT2D eigenvalue weighted by Crippen LogP contribution is 2.37. The Morgan fingerprint density at radius 1 is 0.814 bits per heavy atom. The van der Waals surface area contributed by atoms with E-state index in [0.717, 1.165) is 11.1 Å². The third-order valence-electron chi connectivity index (χ3n) is 9.69. The maximum Gasteiger partial charge on any atom is 0.408 e. The molecule has 1 aliphatic heterocycles. The van der Waals surface area contributed by atoms with Crippen molar-refractivity contribution in [3.63, 3.8) is 0 Å². The van der Waals surface area contributed by atoms with Crippen LogP contribution in [0, 0.1) is 0 Å². The number of nitrogens with zero attached hydrogens (tertiary/aromatic N) is 2. The van der Waals surface area contributed by atoms with Crippen LogP contribution in [-0.4, -0.2) is 171 Å². The van der Waals surface area contributed by atoms with Crippen molar-refractivity contribution in [2.45, 2.75) is 43.4 Å². The number of methoxy groups -OCH3 is 1. The number of nitrogens with one attached hydrogen (secondary N) is 2. The molecule has 330 valence electrons. The first-order chi connectivity index (χ1) is 28.6. The molecular formula is C41H60Cl2N4O12. The van der Waals surface area contributed by atoms with Crippen molar-refractivity contribution in [2.24, 2.45) is 0 Å². The maximum atomic E-state index is 13.6. The molecule has 1 unspecified atom stereocenters. The number of carbonyl (C=O) groups is 3. The van der Waals surface area contributed by atoms with Gasteiger partial charge in [-0.1, -0.05) is 41.4 Å². The van der Waals surface area contributed by atoms with Crippen LogP contribution in [0.5, 0.6) is 0 Å². The van der Waals surface area contributed by atoms with Gasteiger partial charge in [0.25, 0.3) is 0 Å². The minimum Gasteiger partial charge on any atom is -0.447 e. The smallest absolute Gasteiger partial charge is 0.408 e. The Hall–Kier alpha value is -3.13. The molecule has 2 fully saturated rings. The van der Waals surface area contributed by atoms with Gasteiger partial charge in [-0.15, -0.1) is 0 Å². The van der Waals surface area contributed by atoms with Crippen LogP contribution < -0.4 is 10.6 Å². The first kappa shape index (κ1) is 48.5. The molecule has 16 nitrogen and oxygen atoms in total. The van der Waals surface area contributed by atoms with Crippen molar-refractivity contribution in [2.75, 3.05) is 132 Å². The second-order valence-electron chi connectivity index (χ2n) is 14.2. The van der Waals surface area contributed by atoms with Gasteiger partial charge in [0.2, 0.25) is 11.8 Å². The van der Waals surface area contributed by atoms with Crippen molar-refractivity contribution in [1.82, 2.24) is 15.1 Å². The SMILES string of the molecule is COCCOCCOCCOCCOCCOCCOCCOC(=O)NC1(C(=O)Nc2cccc(C(CN3CC[C@H](O)C3)N(C)C(=O)Cc3ccc(Cl)c(Cl)c3)c2)CC1. The van der Waals surface area contributed by atoms with Crippen molar-refractivity contribution in [3.05, 3.63) is 63.6 Å². The van der Waals surface area contributed by atoms with Gasteiger partial charge in [-0.2, -0.15) is 0 Å². The second-order valence-corrected chi connectivity index (χ2v) is 15.1. The molecule has 2 aromatic rings. The summed E-state index contributed by atoms with van der Waals surface area (Å²) in [5, 5.41) is 16.6. The number of hydrogen-bond acceptors (Lipinski definition) is 13. The van der Waals surface area contributed by atoms with E-state index in [1.165, 1.54) is 0 Å². The molecule has 1 heterocycles. The van der Waals surface area contributed by atoms with Gasteiger partial charge in [0, 0.05) is 39.5 Å². The molecule has 2 aliphatic rings. The van der Waals surface area contributed by atoms with Gasteiger partial charge in [0.1, 0.15) is 12.1 Å². The van der Waals surface area contributed by atoms with E-state index in [0.29, 0.717) is 134 Å². The number of alkyl carbamates (subject to hydrolysis) is 1. The number of likely N-dealkylation sites (N-methyl/N-ethyl adjacent to an activating group) is 1. The Morgan fingerprint density at radius 3 is 1.92 bits per heavy atom. The van der Waals surface area contributed by atoms with E-state index >= 15 is 0 Å². The van der Waals surface area contributed by atoms with Crippen LogP contribution in [0.15, 0.2) is 42.5 Å². The zero-order valence-corrected chi connectivity index (χ0v) is 35.6. The first-order valence-electron chi connectivity index (χ1n) is 20.0. The number of likely N-dealkylation sites (tertiary alicyclic amines) is 1. The highest BCUT2D eigenvalue weighted by molar-refractivity contribution is 6.42. The van der Waals surface area contributed by atoms with E-state index in [1.54, 1.807) is 43.3 Å². The Labute approximate surface area is 356 Å². The largest absolute Gasteiger partial charge is 0.447 e. The summed E-state index contributed by atoms with van der Waals surface area (Å²) in [6.45, 7) is 7.43. The van der Waals surface area contributed by atoms with Crippen LogP contribution in [0.2, 0.25) is 10.0 Å². The van der Waals surface area contributed by atoms with Gasteiger partial charge in [-0.25, -0.2) is 4.79 Å². The van der Waals surface area contributed by atoms with E-state index in [4.69, 9.17) is 61.1 Å². The second kappa shape index (κ2) is 26.9. The van der Waals surface area contributed by atoms with Crippen molar-refractivity contribution in [3.8, 4) is 0 Å². The van der Waals surface area contributed by atoms with Gasteiger partial charge in [-0.05, 0) is 54.7 Å². The molecule has 1 aliphatic carbocycles. The number of β-amino-alcohol motifs (C(OH)–C–C–N with tert-alkyl or cyclic N) is 1. The lowest BCUT2D eigenvalue weighted by atomic mass is 10.0. The normalized spacial score (nSPS) is 16.5. The zero-order chi connectivity index (χ0) is 42.3. The quantitative estimate of drug-likeness (QED) is 0.0970. The summed E-state index contributed by atoms with van der Waals surface area (Å²) in [4.78, 5) is 43.4. The fourth-order valence-electron chi connectivity index (χ4n) is 6.17. The molecule has 2 aromatic carbocycles. The summed E-state index contributed by atoms with van der Waals surface area (Å²) in [5.41, 5.74) is 0.983. The van der Waals surface area contributed by atoms with E-state index < -0.39 is 17.7 Å². The van der Waals surface area contributed by atoms with E-state index in [2.05, 4.69) is 15.5 Å². The molecular weight excluding hydrogens is 811 g/mol. The third-order valence-corrected chi connectivity index (χ3v) is 10.4. The van der Waals surface area contributed by atoms with Crippen molar-refractivity contribution in [1.29, 1.82) is 0 Å². The fraction of sp³-hybridized carbons (Fsp3) is 0.634. The summed E-state index contributed by atoms with van der Waals surface area (Å²) in [5.74, 6) is -0.490. The Kier molecular flexibility index (Phi) is 22.2. The van der Waals surface area contributed by atoms with E-state index in [1.807, 2.05) is 18.2 Å². The summed E-state index contributed by atoms with van der Waals surface area (Å²) in [6, 6.07) is 12.1. The number of carbonyl (C=O) groups excluding carboxylic acids is 3. The maximum absolute atomic E-state index is 13.6. The lowest BCUT2D eigenvalue weighted by molar-refractivity contribution is -0.131. The number of rotatable bonds is 30. The summed E-state index contributed by atoms with van der Waals surface area (Å²) in [6.07, 6.45) is 0.571. The number of aliphatic hydroxyl groups is 1. The third kappa shape index (κ3) is 18.2. The predicted molar refractivity (Wildman–Crippen MR) is 221 cm³/mol. The average molecular weight is 872 g/mol. The van der Waals surface area contributed by atoms with Crippen LogP contribution in [0.1, 0.15) is 36.4 Å². The molecule has 2 atom stereocenters. The molecule has 4 rings (SSSR count). The summed E-state index contributed by atoms with van der Waals surface area (Å²) >= 11 is 12.3. The molecule has 0 spiro atoms. The summed E-state index contributed by atoms with van der Waals surface area (Å²) < 4.78 is 42.8. The topological polar surface area (TPSA) is 176 Å². The number of halogens is 2. The lowest BCUT2D eigenvalue weighted by Crippen LogP contribution is -2.46. The number of anilines is 1. The van der Waals surface area contributed by atoms with Gasteiger partial charge in [0.15, 0.2) is 0 Å². The summed E-state index contributed by atoms with van der Waals surface area (Å²) in [7, 11) is 3.38. The van der Waals surface area contributed by atoms with E-state index in [-0.39, 0.29) is 37.5 Å². The zero-order valence-electron chi connectivity index (χ0n) is 34.1. The molecule has 18 heteroatoms. The van der Waals surface area contributed by atoms with Gasteiger partial charge < -0.3 is 58.5 Å². The number of benzene rings is 2. The Morgan fingerprint density at radius 2 is 1.39 bits per heavy atom. The standard InChI is InChI=1S/C41H60Cl2N4O12/c1-46(38(49)27-31-6-7-35(42)36(43)26-31)37(30-47-11-8-34(48)29-47)32-4-3-5-33(28-32)44-39(50)41(9-10-41)45-40(51)59-25-24-58-23-22-57-21-20-56-19-18-55-17-16-54-15-14-53-13-12-52-2/h3-7,26,28,34,37,48H,8-25,27,29-30H2,1-2H3,(H,44,50)(H,45,51)/t34-,37?/m0/s1. The molecule has 1 saturated heterocycles. The monoisotopic (exact) mass is 870 g/mol. The van der Waals surface area contributed by atoms with Crippen LogP contribution in [-0.2, 0) is 53.9 Å². The van der Waals surface area contributed by atoms with Gasteiger partial charge in [-0.3, -0.25) is 14.5 Å². The molecule has 1 saturated carbocycles. The molecule has 0 radical (unpaired) electrons. The van der Waals surface area contributed by atoms with Crippen molar-refractivity contribution < 1.29 is 57.4 Å². The van der Waals surface area contributed by atoms with Crippen LogP contribution in [0.3, 0.4) is 0 Å². The Balaban J connectivity index is 1.10. The molecule has 3 N–H and O–H groups in total. The van der Waals surface area contributed by atoms with Crippen LogP contribution >= 0.6 is 23.2 Å². The number of hydrogen-bond donors (Lipinski definition) is 3. The van der Waals surface area contributed by atoms with Crippen LogP contribution in [0.25, 0.3) is 0 Å².